The third-order valence-electron chi connectivity index (χ3n) is 4.26. The van der Waals surface area contributed by atoms with Crippen LogP contribution < -0.4 is 5.32 Å². The summed E-state index contributed by atoms with van der Waals surface area (Å²) >= 11 is 0. The summed E-state index contributed by atoms with van der Waals surface area (Å²) in [4.78, 5) is 18.1. The van der Waals surface area contributed by atoms with Crippen molar-refractivity contribution in [2.75, 3.05) is 7.05 Å². The van der Waals surface area contributed by atoms with Crippen molar-refractivity contribution in [2.24, 2.45) is 7.05 Å². The van der Waals surface area contributed by atoms with Crippen LogP contribution in [0.15, 0.2) is 48.8 Å². The monoisotopic (exact) mass is 337 g/mol. The predicted octanol–water partition coefficient (Wildman–Crippen LogP) is 2.74. The first kappa shape index (κ1) is 17.0. The molecule has 3 aromatic rings. The summed E-state index contributed by atoms with van der Waals surface area (Å²) in [7, 11) is 3.57. The Balaban J connectivity index is 1.58. The van der Waals surface area contributed by atoms with Crippen molar-refractivity contribution in [3.8, 4) is 0 Å². The van der Waals surface area contributed by atoms with Crippen LogP contribution in [0.25, 0.3) is 10.8 Å². The van der Waals surface area contributed by atoms with Gasteiger partial charge >= 0.3 is 6.03 Å². The number of amides is 2. The summed E-state index contributed by atoms with van der Waals surface area (Å²) in [5.74, 6) is 0.750. The number of aryl methyl sites for hydroxylation is 1. The first-order valence-corrected chi connectivity index (χ1v) is 8.35. The molecule has 2 amide bonds. The highest BCUT2D eigenvalue weighted by atomic mass is 16.2. The number of carbonyl (C=O) groups excluding carboxylic acids is 1. The number of hydrogen-bond acceptors (Lipinski definition) is 3. The lowest BCUT2D eigenvalue weighted by Gasteiger charge is -2.21. The zero-order chi connectivity index (χ0) is 17.8. The molecule has 2 aromatic carbocycles. The van der Waals surface area contributed by atoms with E-state index in [-0.39, 0.29) is 12.1 Å². The van der Waals surface area contributed by atoms with Crippen LogP contribution in [0.3, 0.4) is 0 Å². The van der Waals surface area contributed by atoms with Crippen molar-refractivity contribution in [3.05, 3.63) is 60.2 Å². The van der Waals surface area contributed by atoms with Crippen molar-refractivity contribution >= 4 is 16.8 Å². The van der Waals surface area contributed by atoms with Crippen LogP contribution in [-0.2, 0) is 20.0 Å². The fourth-order valence-electron chi connectivity index (χ4n) is 2.84. The average Bonchev–Trinajstić information content (AvgIpc) is 2.99. The van der Waals surface area contributed by atoms with Gasteiger partial charge in [0.25, 0.3) is 0 Å². The van der Waals surface area contributed by atoms with Gasteiger partial charge in [-0.3, -0.25) is 4.68 Å². The maximum atomic E-state index is 12.4. The van der Waals surface area contributed by atoms with E-state index in [0.717, 1.165) is 12.2 Å². The molecule has 1 N–H and O–H groups in total. The van der Waals surface area contributed by atoms with Gasteiger partial charge in [-0.2, -0.15) is 5.10 Å². The van der Waals surface area contributed by atoms with E-state index in [1.165, 1.54) is 22.7 Å². The fraction of sp³-hybridized carbons (Fsp3) is 0.316. The Kier molecular flexibility index (Phi) is 4.97. The highest BCUT2D eigenvalue weighted by Crippen LogP contribution is 2.16. The molecule has 0 aliphatic heterocycles. The zero-order valence-electron chi connectivity index (χ0n) is 14.8. The molecule has 1 heterocycles. The summed E-state index contributed by atoms with van der Waals surface area (Å²) in [5, 5.41) is 9.50. The van der Waals surface area contributed by atoms with Gasteiger partial charge in [-0.25, -0.2) is 9.78 Å². The van der Waals surface area contributed by atoms with Crippen molar-refractivity contribution in [1.82, 2.24) is 25.0 Å². The predicted molar refractivity (Wildman–Crippen MR) is 98.1 cm³/mol. The molecular formula is C19H23N5O. The van der Waals surface area contributed by atoms with E-state index in [2.05, 4.69) is 45.7 Å². The summed E-state index contributed by atoms with van der Waals surface area (Å²) in [6, 6.07) is 14.6. The molecule has 0 aliphatic carbocycles. The summed E-state index contributed by atoms with van der Waals surface area (Å²) in [6.07, 6.45) is 2.28. The van der Waals surface area contributed by atoms with Crippen molar-refractivity contribution in [1.29, 1.82) is 0 Å². The highest BCUT2D eigenvalue weighted by molar-refractivity contribution is 5.83. The van der Waals surface area contributed by atoms with Gasteiger partial charge in [0.2, 0.25) is 0 Å². The van der Waals surface area contributed by atoms with Crippen LogP contribution in [-0.4, -0.2) is 38.8 Å². The molecule has 130 valence electrons. The number of rotatable bonds is 5. The topological polar surface area (TPSA) is 63.1 Å². The lowest BCUT2D eigenvalue weighted by Crippen LogP contribution is -2.42. The molecule has 3 rings (SSSR count). The Labute approximate surface area is 147 Å². The number of urea groups is 1. The molecule has 6 nitrogen and oxygen atoms in total. The van der Waals surface area contributed by atoms with Gasteiger partial charge in [0.05, 0.1) is 6.54 Å². The Morgan fingerprint density at radius 1 is 1.24 bits per heavy atom. The molecular weight excluding hydrogens is 314 g/mol. The van der Waals surface area contributed by atoms with E-state index < -0.39 is 0 Å². The largest absolute Gasteiger partial charge is 0.335 e. The van der Waals surface area contributed by atoms with Crippen LogP contribution in [0.2, 0.25) is 0 Å². The average molecular weight is 337 g/mol. The third kappa shape index (κ3) is 4.15. The molecule has 0 radical (unpaired) electrons. The molecule has 0 saturated carbocycles. The SMILES string of the molecule is C[C@H](Cc1ccc2ccccc2c1)NC(=O)N(C)Cc1ncnn1C. The minimum absolute atomic E-state index is 0.0376. The fourth-order valence-corrected chi connectivity index (χ4v) is 2.84. The number of carbonyl (C=O) groups is 1. The Hall–Kier alpha value is -2.89. The number of nitrogens with zero attached hydrogens (tertiary/aromatic N) is 4. The number of fused-ring (bicyclic) bond motifs is 1. The van der Waals surface area contributed by atoms with Crippen LogP contribution in [0.4, 0.5) is 4.79 Å². The van der Waals surface area contributed by atoms with E-state index >= 15 is 0 Å². The summed E-state index contributed by atoms with van der Waals surface area (Å²) in [6.45, 7) is 2.44. The van der Waals surface area contributed by atoms with Gasteiger partial charge in [0.1, 0.15) is 12.2 Å². The first-order chi connectivity index (χ1) is 12.0. The second-order valence-electron chi connectivity index (χ2n) is 6.39. The number of nitrogens with one attached hydrogen (secondary N) is 1. The molecule has 1 aromatic heterocycles. The summed E-state index contributed by atoms with van der Waals surface area (Å²) < 4.78 is 1.67. The van der Waals surface area contributed by atoms with Crippen molar-refractivity contribution < 1.29 is 4.79 Å². The lowest BCUT2D eigenvalue weighted by atomic mass is 10.0. The van der Waals surface area contributed by atoms with Crippen molar-refractivity contribution in [3.63, 3.8) is 0 Å². The molecule has 0 saturated heterocycles. The number of hydrogen-bond donors (Lipinski definition) is 1. The third-order valence-corrected chi connectivity index (χ3v) is 4.26. The quantitative estimate of drug-likeness (QED) is 0.779. The molecule has 0 aliphatic rings. The smallest absolute Gasteiger partial charge is 0.317 e. The lowest BCUT2D eigenvalue weighted by molar-refractivity contribution is 0.201. The van der Waals surface area contributed by atoms with Crippen molar-refractivity contribution in [2.45, 2.75) is 25.9 Å². The van der Waals surface area contributed by atoms with Crippen LogP contribution in [0.1, 0.15) is 18.3 Å². The van der Waals surface area contributed by atoms with Gasteiger partial charge in [-0.1, -0.05) is 42.5 Å². The Morgan fingerprint density at radius 3 is 2.72 bits per heavy atom. The molecule has 0 spiro atoms. The van der Waals surface area contributed by atoms with Gasteiger partial charge in [-0.05, 0) is 29.7 Å². The number of benzene rings is 2. The van der Waals surface area contributed by atoms with Crippen LogP contribution >= 0.6 is 0 Å². The van der Waals surface area contributed by atoms with Crippen LogP contribution in [0.5, 0.6) is 0 Å². The molecule has 0 bridgehead atoms. The standard InChI is InChI=1S/C19H23N5O/c1-14(10-15-8-9-16-6-4-5-7-17(16)11-15)22-19(25)23(2)12-18-20-13-21-24(18)3/h4-9,11,13-14H,10,12H2,1-3H3,(H,22,25)/t14-/m1/s1. The van der Waals surface area contributed by atoms with Gasteiger partial charge in [0.15, 0.2) is 0 Å². The Morgan fingerprint density at radius 2 is 2.00 bits per heavy atom. The zero-order valence-corrected chi connectivity index (χ0v) is 14.8. The van der Waals surface area contributed by atoms with Gasteiger partial charge < -0.3 is 10.2 Å². The molecule has 6 heteroatoms. The van der Waals surface area contributed by atoms with Gasteiger partial charge in [0, 0.05) is 20.1 Å². The van der Waals surface area contributed by atoms with E-state index in [4.69, 9.17) is 0 Å². The molecule has 0 unspecified atom stereocenters. The second-order valence-corrected chi connectivity index (χ2v) is 6.39. The van der Waals surface area contributed by atoms with Gasteiger partial charge in [-0.15, -0.1) is 0 Å². The molecule has 0 fully saturated rings. The highest BCUT2D eigenvalue weighted by Gasteiger charge is 2.14. The van der Waals surface area contributed by atoms with Crippen LogP contribution in [0, 0.1) is 0 Å². The van der Waals surface area contributed by atoms with E-state index in [0.29, 0.717) is 6.54 Å². The maximum absolute atomic E-state index is 12.4. The minimum Gasteiger partial charge on any atom is -0.335 e. The minimum atomic E-state index is -0.115. The molecule has 1 atom stereocenters. The van der Waals surface area contributed by atoms with E-state index in [1.54, 1.807) is 16.6 Å². The first-order valence-electron chi connectivity index (χ1n) is 8.35. The van der Waals surface area contributed by atoms with E-state index in [9.17, 15) is 4.79 Å². The maximum Gasteiger partial charge on any atom is 0.317 e. The number of aromatic nitrogens is 3. The Bertz CT molecular complexity index is 873. The normalized spacial score (nSPS) is 12.1. The summed E-state index contributed by atoms with van der Waals surface area (Å²) in [5.41, 5.74) is 1.21. The molecule has 25 heavy (non-hydrogen) atoms. The second kappa shape index (κ2) is 7.34. The van der Waals surface area contributed by atoms with E-state index in [1.807, 2.05) is 26.1 Å².